The van der Waals surface area contributed by atoms with Gasteiger partial charge in [0.1, 0.15) is 19.0 Å². The zero-order chi connectivity index (χ0) is 11.1. The highest BCUT2D eigenvalue weighted by atomic mass is 16.5. The first-order valence-electron chi connectivity index (χ1n) is 4.63. The molecule has 0 bridgehead atoms. The third-order valence-electron chi connectivity index (χ3n) is 1.79. The Morgan fingerprint density at radius 2 is 2.27 bits per heavy atom. The van der Waals surface area contributed by atoms with Crippen LogP contribution >= 0.6 is 0 Å². The molecule has 0 spiro atoms. The lowest BCUT2D eigenvalue weighted by atomic mass is 10.1. The molecule has 15 heavy (non-hydrogen) atoms. The highest BCUT2D eigenvalue weighted by molar-refractivity contribution is 5.97. The molecule has 82 valence electrons. The monoisotopic (exact) mass is 210 g/mol. The highest BCUT2D eigenvalue weighted by Gasteiger charge is 2.05. The molecular formula is C11H14O4. The second-order valence-electron chi connectivity index (χ2n) is 2.96. The Morgan fingerprint density at radius 1 is 1.47 bits per heavy atom. The number of aliphatic hydroxyl groups is 1. The lowest BCUT2D eigenvalue weighted by molar-refractivity contribution is 0.0847. The number of methoxy groups -OCH3 is 1. The molecule has 0 aliphatic heterocycles. The minimum absolute atomic E-state index is 0.0454. The van der Waals surface area contributed by atoms with Gasteiger partial charge in [0, 0.05) is 12.7 Å². The van der Waals surface area contributed by atoms with Gasteiger partial charge in [-0.1, -0.05) is 12.1 Å². The van der Waals surface area contributed by atoms with Crippen molar-refractivity contribution >= 4 is 5.78 Å². The summed E-state index contributed by atoms with van der Waals surface area (Å²) in [5.41, 5.74) is 0.548. The van der Waals surface area contributed by atoms with E-state index in [2.05, 4.69) is 0 Å². The molecule has 1 N–H and O–H groups in total. The van der Waals surface area contributed by atoms with E-state index in [0.29, 0.717) is 11.3 Å². The molecule has 4 nitrogen and oxygen atoms in total. The van der Waals surface area contributed by atoms with Crippen LogP contribution in [0.1, 0.15) is 10.4 Å². The molecule has 0 atom stereocenters. The van der Waals surface area contributed by atoms with E-state index in [4.69, 9.17) is 14.6 Å². The Labute approximate surface area is 88.4 Å². The quantitative estimate of drug-likeness (QED) is 0.708. The van der Waals surface area contributed by atoms with E-state index in [0.717, 1.165) is 0 Å². The number of hydrogen-bond donors (Lipinski definition) is 1. The number of ketones is 1. The van der Waals surface area contributed by atoms with Crippen LogP contribution in [0, 0.1) is 0 Å². The zero-order valence-corrected chi connectivity index (χ0v) is 8.60. The number of hydrogen-bond acceptors (Lipinski definition) is 4. The van der Waals surface area contributed by atoms with Crippen molar-refractivity contribution in [2.45, 2.75) is 0 Å². The lowest BCUT2D eigenvalue weighted by Crippen LogP contribution is -2.07. The van der Waals surface area contributed by atoms with E-state index in [9.17, 15) is 4.79 Å². The second-order valence-corrected chi connectivity index (χ2v) is 2.96. The first-order valence-corrected chi connectivity index (χ1v) is 4.63. The van der Waals surface area contributed by atoms with Gasteiger partial charge in [0.15, 0.2) is 5.78 Å². The SMILES string of the molecule is COCC(=O)c1cccc(OCCO)c1. The first-order chi connectivity index (χ1) is 7.27. The van der Waals surface area contributed by atoms with Gasteiger partial charge in [-0.3, -0.25) is 4.79 Å². The maximum atomic E-state index is 11.4. The highest BCUT2D eigenvalue weighted by Crippen LogP contribution is 2.13. The molecule has 0 aliphatic rings. The van der Waals surface area contributed by atoms with Crippen molar-refractivity contribution in [1.82, 2.24) is 0 Å². The van der Waals surface area contributed by atoms with Crippen molar-refractivity contribution in [1.29, 1.82) is 0 Å². The van der Waals surface area contributed by atoms with Gasteiger partial charge in [-0.2, -0.15) is 0 Å². The minimum atomic E-state index is -0.0908. The fourth-order valence-electron chi connectivity index (χ4n) is 1.14. The molecule has 0 unspecified atom stereocenters. The van der Waals surface area contributed by atoms with Crippen molar-refractivity contribution in [3.05, 3.63) is 29.8 Å². The number of benzene rings is 1. The molecular weight excluding hydrogens is 196 g/mol. The Morgan fingerprint density at radius 3 is 2.93 bits per heavy atom. The van der Waals surface area contributed by atoms with Crippen LogP contribution < -0.4 is 4.74 Å². The fourth-order valence-corrected chi connectivity index (χ4v) is 1.14. The second kappa shape index (κ2) is 6.16. The van der Waals surface area contributed by atoms with Crippen LogP contribution in [0.15, 0.2) is 24.3 Å². The zero-order valence-electron chi connectivity index (χ0n) is 8.60. The summed E-state index contributed by atoms with van der Waals surface area (Å²) in [7, 11) is 1.48. The number of carbonyl (C=O) groups is 1. The third-order valence-corrected chi connectivity index (χ3v) is 1.79. The average molecular weight is 210 g/mol. The molecule has 0 saturated carbocycles. The lowest BCUT2D eigenvalue weighted by Gasteiger charge is -2.05. The fraction of sp³-hybridized carbons (Fsp3) is 0.364. The van der Waals surface area contributed by atoms with Gasteiger partial charge in [-0.25, -0.2) is 0 Å². The van der Waals surface area contributed by atoms with E-state index >= 15 is 0 Å². The maximum absolute atomic E-state index is 11.4. The van der Waals surface area contributed by atoms with Gasteiger partial charge in [0.25, 0.3) is 0 Å². The van der Waals surface area contributed by atoms with Crippen molar-refractivity contribution < 1.29 is 19.4 Å². The third kappa shape index (κ3) is 3.69. The number of Topliss-reactive ketones (excluding diaryl/α,β-unsaturated/α-hetero) is 1. The Hall–Kier alpha value is -1.39. The Bertz CT molecular complexity index is 322. The van der Waals surface area contributed by atoms with Crippen LogP contribution in [-0.2, 0) is 4.74 Å². The topological polar surface area (TPSA) is 55.8 Å². The largest absolute Gasteiger partial charge is 0.491 e. The van der Waals surface area contributed by atoms with E-state index in [1.54, 1.807) is 24.3 Å². The number of aliphatic hydroxyl groups excluding tert-OH is 1. The summed E-state index contributed by atoms with van der Waals surface area (Å²) in [6, 6.07) is 6.80. The first kappa shape index (κ1) is 11.7. The molecule has 1 aromatic carbocycles. The van der Waals surface area contributed by atoms with Crippen LogP contribution in [0.25, 0.3) is 0 Å². The van der Waals surface area contributed by atoms with Crippen molar-refractivity contribution in [2.24, 2.45) is 0 Å². The summed E-state index contributed by atoms with van der Waals surface area (Å²) < 4.78 is 9.93. The van der Waals surface area contributed by atoms with E-state index < -0.39 is 0 Å². The molecule has 1 rings (SSSR count). The number of carbonyl (C=O) groups excluding carboxylic acids is 1. The standard InChI is InChI=1S/C11H14O4/c1-14-8-11(13)9-3-2-4-10(7-9)15-6-5-12/h2-4,7,12H,5-6,8H2,1H3. The summed E-state index contributed by atoms with van der Waals surface area (Å²) in [6.45, 7) is 0.238. The Balaban J connectivity index is 2.69. The molecule has 0 aliphatic carbocycles. The minimum Gasteiger partial charge on any atom is -0.491 e. The molecule has 0 heterocycles. The summed E-state index contributed by atoms with van der Waals surface area (Å²) in [6.07, 6.45) is 0. The summed E-state index contributed by atoms with van der Waals surface area (Å²) >= 11 is 0. The molecule has 1 aromatic rings. The van der Waals surface area contributed by atoms with Crippen molar-refractivity contribution in [3.8, 4) is 5.75 Å². The molecule has 0 amide bonds. The normalized spacial score (nSPS) is 10.0. The van der Waals surface area contributed by atoms with E-state index in [1.807, 2.05) is 0 Å². The smallest absolute Gasteiger partial charge is 0.188 e. The molecule has 0 saturated heterocycles. The molecule has 0 radical (unpaired) electrons. The van der Waals surface area contributed by atoms with Gasteiger partial charge in [-0.05, 0) is 12.1 Å². The summed E-state index contributed by atoms with van der Waals surface area (Å²) in [5.74, 6) is 0.484. The predicted octanol–water partition coefficient (Wildman–Crippen LogP) is 0.887. The van der Waals surface area contributed by atoms with Gasteiger partial charge in [0.2, 0.25) is 0 Å². The van der Waals surface area contributed by atoms with Crippen molar-refractivity contribution in [2.75, 3.05) is 26.9 Å². The maximum Gasteiger partial charge on any atom is 0.188 e. The van der Waals surface area contributed by atoms with Crippen LogP contribution in [0.4, 0.5) is 0 Å². The molecule has 0 aromatic heterocycles. The number of rotatable bonds is 6. The van der Waals surface area contributed by atoms with Crippen LogP contribution in [0.2, 0.25) is 0 Å². The van der Waals surface area contributed by atoms with Gasteiger partial charge < -0.3 is 14.6 Å². The van der Waals surface area contributed by atoms with Gasteiger partial charge >= 0.3 is 0 Å². The molecule has 0 fully saturated rings. The van der Waals surface area contributed by atoms with E-state index in [1.165, 1.54) is 7.11 Å². The average Bonchev–Trinajstić information content (AvgIpc) is 2.27. The van der Waals surface area contributed by atoms with E-state index in [-0.39, 0.29) is 25.6 Å². The van der Waals surface area contributed by atoms with Gasteiger partial charge in [0.05, 0.1) is 6.61 Å². The number of ether oxygens (including phenoxy) is 2. The van der Waals surface area contributed by atoms with Crippen LogP contribution in [0.5, 0.6) is 5.75 Å². The molecule has 4 heteroatoms. The predicted molar refractivity (Wildman–Crippen MR) is 55.2 cm³/mol. The Kier molecular flexibility index (Phi) is 4.80. The van der Waals surface area contributed by atoms with Crippen molar-refractivity contribution in [3.63, 3.8) is 0 Å². The van der Waals surface area contributed by atoms with Crippen LogP contribution in [0.3, 0.4) is 0 Å². The van der Waals surface area contributed by atoms with Gasteiger partial charge in [-0.15, -0.1) is 0 Å². The summed E-state index contributed by atoms with van der Waals surface area (Å²) in [5, 5.41) is 8.58. The van der Waals surface area contributed by atoms with Crippen LogP contribution in [-0.4, -0.2) is 37.8 Å². The summed E-state index contributed by atoms with van der Waals surface area (Å²) in [4.78, 5) is 11.4.